The largest absolute Gasteiger partial charge is 0.370 e. The summed E-state index contributed by atoms with van der Waals surface area (Å²) in [7, 11) is 0. The summed E-state index contributed by atoms with van der Waals surface area (Å²) < 4.78 is 1.11. The van der Waals surface area contributed by atoms with Crippen LogP contribution in [0.1, 0.15) is 17.7 Å². The summed E-state index contributed by atoms with van der Waals surface area (Å²) in [6, 6.07) is 15.8. The van der Waals surface area contributed by atoms with Crippen molar-refractivity contribution in [1.82, 2.24) is 4.98 Å². The fourth-order valence-electron chi connectivity index (χ4n) is 1.80. The van der Waals surface area contributed by atoms with Gasteiger partial charge < -0.3 is 5.32 Å². The summed E-state index contributed by atoms with van der Waals surface area (Å²) in [4.78, 5) is 4.17. The van der Waals surface area contributed by atoms with Gasteiger partial charge in [-0.15, -0.1) is 0 Å². The van der Waals surface area contributed by atoms with Gasteiger partial charge in [0.15, 0.2) is 0 Å². The van der Waals surface area contributed by atoms with E-state index in [0.29, 0.717) is 5.69 Å². The zero-order chi connectivity index (χ0) is 13.5. The molecule has 3 nitrogen and oxygen atoms in total. The first-order chi connectivity index (χ1) is 9.28. The second-order valence-electron chi connectivity index (χ2n) is 4.18. The van der Waals surface area contributed by atoms with E-state index in [1.807, 2.05) is 30.3 Å². The molecule has 1 heterocycles. The Morgan fingerprint density at radius 1 is 1.21 bits per heavy atom. The second kappa shape index (κ2) is 6.91. The minimum atomic E-state index is 0.442. The van der Waals surface area contributed by atoms with E-state index >= 15 is 0 Å². The van der Waals surface area contributed by atoms with Crippen molar-refractivity contribution in [2.45, 2.75) is 12.8 Å². The Hall–Kier alpha value is -1.86. The van der Waals surface area contributed by atoms with Crippen LogP contribution in [0.5, 0.6) is 0 Å². The first-order valence-electron chi connectivity index (χ1n) is 6.13. The van der Waals surface area contributed by atoms with Crippen LogP contribution in [0.3, 0.4) is 0 Å². The zero-order valence-corrected chi connectivity index (χ0v) is 12.0. The molecule has 19 heavy (non-hydrogen) atoms. The summed E-state index contributed by atoms with van der Waals surface area (Å²) in [5, 5.41) is 12.0. The molecule has 0 atom stereocenters. The number of nitrogens with one attached hydrogen (secondary N) is 1. The lowest BCUT2D eigenvalue weighted by atomic mass is 10.1. The normalized spacial score (nSPS) is 9.89. The third kappa shape index (κ3) is 4.38. The summed E-state index contributed by atoms with van der Waals surface area (Å²) >= 11 is 3.47. The van der Waals surface area contributed by atoms with E-state index in [1.165, 1.54) is 5.56 Å². The second-order valence-corrected chi connectivity index (χ2v) is 5.10. The highest BCUT2D eigenvalue weighted by atomic mass is 79.9. The lowest BCUT2D eigenvalue weighted by Crippen LogP contribution is -2.05. The van der Waals surface area contributed by atoms with Gasteiger partial charge in [-0.1, -0.05) is 34.1 Å². The molecule has 2 rings (SSSR count). The van der Waals surface area contributed by atoms with E-state index in [1.54, 1.807) is 6.07 Å². The van der Waals surface area contributed by atoms with E-state index in [-0.39, 0.29) is 0 Å². The number of benzene rings is 1. The predicted molar refractivity (Wildman–Crippen MR) is 79.9 cm³/mol. The first kappa shape index (κ1) is 13.6. The molecular weight excluding hydrogens is 302 g/mol. The van der Waals surface area contributed by atoms with Crippen LogP contribution in [0.2, 0.25) is 0 Å². The van der Waals surface area contributed by atoms with Crippen molar-refractivity contribution in [3.05, 3.63) is 58.2 Å². The maximum Gasteiger partial charge on any atom is 0.142 e. The number of anilines is 1. The highest BCUT2D eigenvalue weighted by Gasteiger charge is 1.97. The molecule has 0 unspecified atom stereocenters. The van der Waals surface area contributed by atoms with Gasteiger partial charge in [0.1, 0.15) is 17.6 Å². The molecule has 2 aromatic rings. The number of rotatable bonds is 5. The Labute approximate surface area is 121 Å². The lowest BCUT2D eigenvalue weighted by Gasteiger charge is -2.06. The molecule has 0 amide bonds. The smallest absolute Gasteiger partial charge is 0.142 e. The number of nitrogens with zero attached hydrogens (tertiary/aromatic N) is 2. The van der Waals surface area contributed by atoms with E-state index in [4.69, 9.17) is 5.26 Å². The molecule has 0 saturated carbocycles. The molecule has 0 aliphatic heterocycles. The van der Waals surface area contributed by atoms with E-state index in [0.717, 1.165) is 29.7 Å². The number of hydrogen-bond acceptors (Lipinski definition) is 3. The van der Waals surface area contributed by atoms with Gasteiger partial charge in [0.2, 0.25) is 0 Å². The predicted octanol–water partition coefficient (Wildman–Crippen LogP) is 3.76. The van der Waals surface area contributed by atoms with Crippen LogP contribution in [0.4, 0.5) is 5.82 Å². The molecule has 0 fully saturated rings. The molecule has 96 valence electrons. The van der Waals surface area contributed by atoms with Crippen molar-refractivity contribution in [2.24, 2.45) is 0 Å². The van der Waals surface area contributed by atoms with Crippen molar-refractivity contribution < 1.29 is 0 Å². The van der Waals surface area contributed by atoms with E-state index in [2.05, 4.69) is 38.4 Å². The average Bonchev–Trinajstić information content (AvgIpc) is 2.44. The highest BCUT2D eigenvalue weighted by Crippen LogP contribution is 2.13. The van der Waals surface area contributed by atoms with Crippen LogP contribution >= 0.6 is 15.9 Å². The van der Waals surface area contributed by atoms with Crippen LogP contribution < -0.4 is 5.32 Å². The summed E-state index contributed by atoms with van der Waals surface area (Å²) in [6.07, 6.45) is 2.04. The molecule has 0 aliphatic rings. The van der Waals surface area contributed by atoms with Crippen LogP contribution in [0.25, 0.3) is 0 Å². The molecule has 4 heteroatoms. The maximum atomic E-state index is 8.76. The van der Waals surface area contributed by atoms with Gasteiger partial charge in [0, 0.05) is 11.0 Å². The van der Waals surface area contributed by atoms with Crippen LogP contribution in [-0.2, 0) is 6.42 Å². The number of halogens is 1. The molecule has 0 aliphatic carbocycles. The molecule has 0 radical (unpaired) electrons. The number of hydrogen-bond donors (Lipinski definition) is 1. The summed E-state index contributed by atoms with van der Waals surface area (Å²) in [5.74, 6) is 0.758. The quantitative estimate of drug-likeness (QED) is 0.855. The van der Waals surface area contributed by atoms with Gasteiger partial charge in [0.25, 0.3) is 0 Å². The standard InChI is InChI=1S/C15H14BrN3/c16-13-6-1-4-12(10-13)5-3-9-18-15-8-2-7-14(11-17)19-15/h1-2,4,6-8,10H,3,5,9H2,(H,18,19). The van der Waals surface area contributed by atoms with Crippen LogP contribution in [0, 0.1) is 11.3 Å². The Morgan fingerprint density at radius 3 is 2.84 bits per heavy atom. The molecular formula is C15H14BrN3. The third-order valence-corrected chi connectivity index (χ3v) is 3.19. The van der Waals surface area contributed by atoms with E-state index in [9.17, 15) is 0 Å². The van der Waals surface area contributed by atoms with Crippen LogP contribution in [-0.4, -0.2) is 11.5 Å². The Balaban J connectivity index is 1.79. The molecule has 1 N–H and O–H groups in total. The van der Waals surface area contributed by atoms with Crippen molar-refractivity contribution in [2.75, 3.05) is 11.9 Å². The van der Waals surface area contributed by atoms with Gasteiger partial charge in [-0.05, 0) is 42.7 Å². The van der Waals surface area contributed by atoms with Crippen LogP contribution in [0.15, 0.2) is 46.9 Å². The molecule has 0 saturated heterocycles. The van der Waals surface area contributed by atoms with Gasteiger partial charge in [-0.2, -0.15) is 5.26 Å². The molecule has 1 aromatic carbocycles. The SMILES string of the molecule is N#Cc1cccc(NCCCc2cccc(Br)c2)n1. The van der Waals surface area contributed by atoms with Crippen molar-refractivity contribution in [3.63, 3.8) is 0 Å². The number of aromatic nitrogens is 1. The third-order valence-electron chi connectivity index (χ3n) is 2.70. The highest BCUT2D eigenvalue weighted by molar-refractivity contribution is 9.10. The van der Waals surface area contributed by atoms with Gasteiger partial charge in [0.05, 0.1) is 0 Å². The molecule has 0 spiro atoms. The van der Waals surface area contributed by atoms with E-state index < -0.39 is 0 Å². The Morgan fingerprint density at radius 2 is 2.05 bits per heavy atom. The van der Waals surface area contributed by atoms with Crippen molar-refractivity contribution >= 4 is 21.7 Å². The zero-order valence-electron chi connectivity index (χ0n) is 10.4. The summed E-state index contributed by atoms with van der Waals surface area (Å²) in [5.41, 5.74) is 1.76. The first-order valence-corrected chi connectivity index (χ1v) is 6.93. The molecule has 0 bridgehead atoms. The molecule has 1 aromatic heterocycles. The monoisotopic (exact) mass is 315 g/mol. The minimum Gasteiger partial charge on any atom is -0.370 e. The fraction of sp³-hybridized carbons (Fsp3) is 0.200. The minimum absolute atomic E-state index is 0.442. The van der Waals surface area contributed by atoms with Gasteiger partial charge in [-0.25, -0.2) is 4.98 Å². The fourth-order valence-corrected chi connectivity index (χ4v) is 2.24. The van der Waals surface area contributed by atoms with Gasteiger partial charge in [-0.3, -0.25) is 0 Å². The average molecular weight is 316 g/mol. The Kier molecular flexibility index (Phi) is 4.93. The number of aryl methyl sites for hydroxylation is 1. The number of nitriles is 1. The lowest BCUT2D eigenvalue weighted by molar-refractivity contribution is 0.858. The summed E-state index contributed by atoms with van der Waals surface area (Å²) in [6.45, 7) is 0.842. The van der Waals surface area contributed by atoms with Gasteiger partial charge >= 0.3 is 0 Å². The van der Waals surface area contributed by atoms with Crippen molar-refractivity contribution in [3.8, 4) is 6.07 Å². The number of pyridine rings is 1. The maximum absolute atomic E-state index is 8.76. The Bertz CT molecular complexity index is 590. The van der Waals surface area contributed by atoms with Crippen molar-refractivity contribution in [1.29, 1.82) is 5.26 Å². The topological polar surface area (TPSA) is 48.7 Å².